The number of anilines is 2. The number of halogens is 2. The molecular weight excluding hydrogens is 345 g/mol. The van der Waals surface area contributed by atoms with Crippen molar-refractivity contribution >= 4 is 38.9 Å². The van der Waals surface area contributed by atoms with Crippen molar-refractivity contribution in [3.05, 3.63) is 53.3 Å². The number of rotatable bonds is 2. The van der Waals surface area contributed by atoms with E-state index in [4.69, 9.17) is 11.6 Å². The topological polar surface area (TPSA) is 87.3 Å². The van der Waals surface area contributed by atoms with Crippen LogP contribution in [0.5, 0.6) is 0 Å². The highest BCUT2D eigenvalue weighted by Crippen LogP contribution is 2.29. The summed E-state index contributed by atoms with van der Waals surface area (Å²) >= 11 is 5.79. The lowest BCUT2D eigenvalue weighted by molar-refractivity contribution is -0.117. The van der Waals surface area contributed by atoms with Gasteiger partial charge in [0.2, 0.25) is 10.0 Å². The van der Waals surface area contributed by atoms with Crippen molar-refractivity contribution in [3.8, 4) is 0 Å². The molecule has 0 aliphatic carbocycles. The summed E-state index contributed by atoms with van der Waals surface area (Å²) in [6.07, 6.45) is -1.23. The average Bonchev–Trinajstić information content (AvgIpc) is 2.47. The maximum Gasteiger partial charge on any atom is 0.262 e. The molecule has 1 heterocycles. The van der Waals surface area contributed by atoms with E-state index in [1.54, 1.807) is 0 Å². The zero-order valence-electron chi connectivity index (χ0n) is 11.5. The van der Waals surface area contributed by atoms with Crippen molar-refractivity contribution in [3.63, 3.8) is 0 Å². The molecule has 0 fully saturated rings. The largest absolute Gasteiger partial charge is 0.360 e. The van der Waals surface area contributed by atoms with E-state index in [0.29, 0.717) is 0 Å². The minimum absolute atomic E-state index is 0.0418. The summed E-state index contributed by atoms with van der Waals surface area (Å²) < 4.78 is 39.7. The minimum Gasteiger partial charge on any atom is -0.360 e. The Morgan fingerprint density at radius 1 is 1.22 bits per heavy atom. The zero-order chi connectivity index (χ0) is 16.6. The molecule has 2 aromatic rings. The molecule has 0 aromatic heterocycles. The third-order valence-corrected chi connectivity index (χ3v) is 4.86. The van der Waals surface area contributed by atoms with Crippen molar-refractivity contribution in [2.45, 2.75) is 11.1 Å². The second-order valence-electron chi connectivity index (χ2n) is 4.84. The van der Waals surface area contributed by atoms with Gasteiger partial charge in [0, 0.05) is 10.7 Å². The molecule has 120 valence electrons. The lowest BCUT2D eigenvalue weighted by Crippen LogP contribution is -2.51. The van der Waals surface area contributed by atoms with Gasteiger partial charge in [-0.2, -0.15) is 4.72 Å². The van der Waals surface area contributed by atoms with Gasteiger partial charge in [-0.05, 0) is 36.4 Å². The van der Waals surface area contributed by atoms with E-state index >= 15 is 0 Å². The molecule has 0 bridgehead atoms. The van der Waals surface area contributed by atoms with Crippen LogP contribution in [0.4, 0.5) is 15.8 Å². The first-order valence-corrected chi connectivity index (χ1v) is 8.36. The fourth-order valence-electron chi connectivity index (χ4n) is 2.14. The maximum atomic E-state index is 13.1. The van der Waals surface area contributed by atoms with E-state index in [1.807, 2.05) is 0 Å². The molecule has 1 aliphatic heterocycles. The number of carbonyl (C=O) groups is 1. The number of hydrogen-bond donors (Lipinski definition) is 3. The Morgan fingerprint density at radius 3 is 2.74 bits per heavy atom. The third kappa shape index (κ3) is 3.29. The molecule has 3 rings (SSSR count). The van der Waals surface area contributed by atoms with Crippen LogP contribution in [0.25, 0.3) is 0 Å². The summed E-state index contributed by atoms with van der Waals surface area (Å²) in [6, 6.07) is 9.55. The van der Waals surface area contributed by atoms with Crippen molar-refractivity contribution < 1.29 is 17.6 Å². The van der Waals surface area contributed by atoms with Crippen LogP contribution in [-0.4, -0.2) is 20.5 Å². The number of carbonyl (C=O) groups excluding carboxylic acids is 1. The van der Waals surface area contributed by atoms with E-state index in [1.165, 1.54) is 36.4 Å². The molecule has 3 N–H and O–H groups in total. The van der Waals surface area contributed by atoms with Gasteiger partial charge in [-0.25, -0.2) is 12.8 Å². The predicted molar refractivity (Wildman–Crippen MR) is 84.2 cm³/mol. The highest BCUT2D eigenvalue weighted by Gasteiger charge is 2.33. The second kappa shape index (κ2) is 5.80. The zero-order valence-corrected chi connectivity index (χ0v) is 13.1. The molecule has 1 unspecified atom stereocenters. The van der Waals surface area contributed by atoms with Gasteiger partial charge in [0.1, 0.15) is 10.7 Å². The molecule has 1 amide bonds. The Hall–Kier alpha value is -2.16. The highest BCUT2D eigenvalue weighted by atomic mass is 35.5. The van der Waals surface area contributed by atoms with Crippen LogP contribution in [-0.2, 0) is 14.8 Å². The number of nitrogens with one attached hydrogen (secondary N) is 3. The van der Waals surface area contributed by atoms with Gasteiger partial charge in [-0.15, -0.1) is 0 Å². The van der Waals surface area contributed by atoms with Crippen LogP contribution in [0.1, 0.15) is 0 Å². The first-order valence-electron chi connectivity index (χ1n) is 6.50. The van der Waals surface area contributed by atoms with Gasteiger partial charge in [-0.1, -0.05) is 17.7 Å². The van der Waals surface area contributed by atoms with Crippen LogP contribution >= 0.6 is 11.6 Å². The third-order valence-electron chi connectivity index (χ3n) is 3.16. The summed E-state index contributed by atoms with van der Waals surface area (Å²) in [5, 5.41) is 5.46. The normalized spacial score (nSPS) is 18.6. The van der Waals surface area contributed by atoms with Crippen LogP contribution in [0.3, 0.4) is 0 Å². The molecule has 1 aliphatic rings. The number of hydrogen-bond acceptors (Lipinski definition) is 4. The van der Waals surface area contributed by atoms with Crippen LogP contribution in [0.2, 0.25) is 5.02 Å². The molecule has 1 atom stereocenters. The van der Waals surface area contributed by atoms with Gasteiger partial charge >= 0.3 is 0 Å². The fraction of sp³-hybridized carbons (Fsp3) is 0.0714. The highest BCUT2D eigenvalue weighted by molar-refractivity contribution is 7.89. The Balaban J connectivity index is 1.85. The smallest absolute Gasteiger partial charge is 0.262 e. The van der Waals surface area contributed by atoms with Gasteiger partial charge in [-0.3, -0.25) is 4.79 Å². The van der Waals surface area contributed by atoms with Gasteiger partial charge in [0.05, 0.1) is 5.69 Å². The van der Waals surface area contributed by atoms with Gasteiger partial charge in [0.25, 0.3) is 5.91 Å². The lowest BCUT2D eigenvalue weighted by atomic mass is 10.3. The van der Waals surface area contributed by atoms with Crippen molar-refractivity contribution in [1.82, 2.24) is 4.72 Å². The van der Waals surface area contributed by atoms with E-state index in [2.05, 4.69) is 15.4 Å². The maximum absolute atomic E-state index is 13.1. The lowest BCUT2D eigenvalue weighted by Gasteiger charge is -2.27. The van der Waals surface area contributed by atoms with Crippen LogP contribution in [0, 0.1) is 5.82 Å². The van der Waals surface area contributed by atoms with Crippen molar-refractivity contribution in [1.29, 1.82) is 0 Å². The molecule has 0 radical (unpaired) electrons. The SMILES string of the molecule is O=C(Nc1cccc(F)c1)C1Nc2ccc(Cl)cc2S(=O)(=O)N1. The Kier molecular flexibility index (Phi) is 3.97. The Morgan fingerprint density at radius 2 is 2.00 bits per heavy atom. The minimum atomic E-state index is -3.89. The molecule has 9 heteroatoms. The van der Waals surface area contributed by atoms with Crippen LogP contribution in [0.15, 0.2) is 47.4 Å². The van der Waals surface area contributed by atoms with Crippen molar-refractivity contribution in [2.75, 3.05) is 10.6 Å². The quantitative estimate of drug-likeness (QED) is 0.770. The molecule has 2 aromatic carbocycles. The summed E-state index contributed by atoms with van der Waals surface area (Å²) in [6.45, 7) is 0. The summed E-state index contributed by atoms with van der Waals surface area (Å²) in [5.41, 5.74) is 0.477. The average molecular weight is 356 g/mol. The molecule has 0 spiro atoms. The molecule has 6 nitrogen and oxygen atoms in total. The first kappa shape index (κ1) is 15.7. The fourth-order valence-corrected chi connectivity index (χ4v) is 3.68. The van der Waals surface area contributed by atoms with E-state index in [9.17, 15) is 17.6 Å². The molecule has 23 heavy (non-hydrogen) atoms. The second-order valence-corrected chi connectivity index (χ2v) is 6.96. The standard InChI is InChI=1S/C14H11ClFN3O3S/c15-8-4-5-11-12(6-8)23(21,22)19-13(18-11)14(20)17-10-3-1-2-9(16)7-10/h1-7,13,18-19H,(H,17,20). The summed E-state index contributed by atoms with van der Waals surface area (Å²) in [7, 11) is -3.89. The number of benzene rings is 2. The monoisotopic (exact) mass is 355 g/mol. The van der Waals surface area contributed by atoms with Gasteiger partial charge < -0.3 is 10.6 Å². The van der Waals surface area contributed by atoms with Crippen LogP contribution < -0.4 is 15.4 Å². The predicted octanol–water partition coefficient (Wildman–Crippen LogP) is 2.15. The van der Waals surface area contributed by atoms with Gasteiger partial charge in [0.15, 0.2) is 6.17 Å². The molecule has 0 saturated carbocycles. The summed E-state index contributed by atoms with van der Waals surface area (Å²) in [4.78, 5) is 12.2. The first-order chi connectivity index (χ1) is 10.8. The number of amides is 1. The van der Waals surface area contributed by atoms with Crippen molar-refractivity contribution in [2.24, 2.45) is 0 Å². The molecular formula is C14H11ClFN3O3S. The number of sulfonamides is 1. The van der Waals surface area contributed by atoms with E-state index in [0.717, 1.165) is 6.07 Å². The van der Waals surface area contributed by atoms with E-state index < -0.39 is 27.9 Å². The summed E-state index contributed by atoms with van der Waals surface area (Å²) in [5.74, 6) is -1.18. The Bertz CT molecular complexity index is 889. The number of fused-ring (bicyclic) bond motifs is 1. The Labute approximate surface area is 136 Å². The van der Waals surface area contributed by atoms with E-state index in [-0.39, 0.29) is 21.3 Å². The molecule has 0 saturated heterocycles.